The normalized spacial score (nSPS) is 18.2. The summed E-state index contributed by atoms with van der Waals surface area (Å²) in [6.07, 6.45) is 3.68. The number of carbonyl (C=O) groups is 2. The van der Waals surface area contributed by atoms with E-state index in [0.29, 0.717) is 12.5 Å². The highest BCUT2D eigenvalue weighted by atomic mass is 16.2. The number of hydrazone groups is 1. The summed E-state index contributed by atoms with van der Waals surface area (Å²) in [6, 6.07) is 10.2. The summed E-state index contributed by atoms with van der Waals surface area (Å²) in [5.41, 5.74) is 2.00. The molecule has 2 amide bonds. The highest BCUT2D eigenvalue weighted by Gasteiger charge is 2.32. The van der Waals surface area contributed by atoms with E-state index in [4.69, 9.17) is 0 Å². The molecule has 1 heterocycles. The van der Waals surface area contributed by atoms with Crippen LogP contribution in [0.5, 0.6) is 0 Å². The monoisotopic (exact) mass is 327 g/mol. The predicted octanol–water partition coefficient (Wildman–Crippen LogP) is 2.66. The summed E-state index contributed by atoms with van der Waals surface area (Å²) in [5, 5.41) is 5.94. The van der Waals surface area contributed by atoms with Crippen LogP contribution in [0, 0.1) is 5.92 Å². The van der Waals surface area contributed by atoms with Crippen LogP contribution in [-0.4, -0.2) is 47.1 Å². The third kappa shape index (κ3) is 3.83. The Morgan fingerprint density at radius 3 is 2.62 bits per heavy atom. The lowest BCUT2D eigenvalue weighted by molar-refractivity contribution is -0.137. The van der Waals surface area contributed by atoms with Crippen molar-refractivity contribution in [2.75, 3.05) is 13.6 Å². The molecular formula is C19H25N3O2. The van der Waals surface area contributed by atoms with Gasteiger partial charge >= 0.3 is 0 Å². The molecule has 0 N–H and O–H groups in total. The zero-order valence-electron chi connectivity index (χ0n) is 14.4. The predicted molar refractivity (Wildman–Crippen MR) is 93.5 cm³/mol. The SMILES string of the molecule is CC(C1CC1)N(C)C(=O)CCC(=O)N1CCC(c2ccccc2)=N1. The van der Waals surface area contributed by atoms with Gasteiger partial charge in [-0.3, -0.25) is 9.59 Å². The van der Waals surface area contributed by atoms with E-state index in [-0.39, 0.29) is 30.7 Å². The van der Waals surface area contributed by atoms with Crippen molar-refractivity contribution in [2.24, 2.45) is 11.0 Å². The van der Waals surface area contributed by atoms with Gasteiger partial charge in [0.1, 0.15) is 0 Å². The van der Waals surface area contributed by atoms with Crippen LogP contribution < -0.4 is 0 Å². The molecule has 0 aromatic heterocycles. The molecule has 2 aliphatic rings. The van der Waals surface area contributed by atoms with Crippen molar-refractivity contribution in [2.45, 2.75) is 45.1 Å². The highest BCUT2D eigenvalue weighted by Crippen LogP contribution is 2.34. The van der Waals surface area contributed by atoms with Gasteiger partial charge in [0.15, 0.2) is 0 Å². The number of hydrogen-bond donors (Lipinski definition) is 0. The average molecular weight is 327 g/mol. The maximum atomic E-state index is 12.3. The van der Waals surface area contributed by atoms with Gasteiger partial charge in [0.2, 0.25) is 11.8 Å². The van der Waals surface area contributed by atoms with Gasteiger partial charge in [0.25, 0.3) is 0 Å². The van der Waals surface area contributed by atoms with E-state index in [1.807, 2.05) is 37.4 Å². The number of rotatable bonds is 6. The van der Waals surface area contributed by atoms with Crippen LogP contribution in [0.15, 0.2) is 35.4 Å². The number of amides is 2. The van der Waals surface area contributed by atoms with Crippen molar-refractivity contribution in [3.05, 3.63) is 35.9 Å². The molecule has 24 heavy (non-hydrogen) atoms. The first-order valence-electron chi connectivity index (χ1n) is 8.75. The van der Waals surface area contributed by atoms with Crippen LogP contribution in [-0.2, 0) is 9.59 Å². The lowest BCUT2D eigenvalue weighted by Gasteiger charge is -2.25. The average Bonchev–Trinajstić information content (AvgIpc) is 3.35. The minimum absolute atomic E-state index is 0.0502. The molecule has 0 spiro atoms. The smallest absolute Gasteiger partial charge is 0.243 e. The molecule has 3 rings (SSSR count). The van der Waals surface area contributed by atoms with E-state index in [1.165, 1.54) is 17.9 Å². The van der Waals surface area contributed by atoms with Crippen molar-refractivity contribution in [3.8, 4) is 0 Å². The molecule has 1 unspecified atom stereocenters. The van der Waals surface area contributed by atoms with E-state index in [2.05, 4.69) is 12.0 Å². The van der Waals surface area contributed by atoms with Crippen LogP contribution in [0.4, 0.5) is 0 Å². The Morgan fingerprint density at radius 1 is 1.25 bits per heavy atom. The van der Waals surface area contributed by atoms with Gasteiger partial charge in [-0.2, -0.15) is 5.10 Å². The van der Waals surface area contributed by atoms with Crippen LogP contribution in [0.2, 0.25) is 0 Å². The van der Waals surface area contributed by atoms with Gasteiger partial charge in [-0.15, -0.1) is 0 Å². The van der Waals surface area contributed by atoms with Gasteiger partial charge in [-0.25, -0.2) is 5.01 Å². The lowest BCUT2D eigenvalue weighted by Crippen LogP contribution is -2.37. The second-order valence-corrected chi connectivity index (χ2v) is 6.76. The molecule has 1 aromatic carbocycles. The summed E-state index contributed by atoms with van der Waals surface area (Å²) < 4.78 is 0. The fourth-order valence-electron chi connectivity index (χ4n) is 3.11. The highest BCUT2D eigenvalue weighted by molar-refractivity contribution is 6.02. The summed E-state index contributed by atoms with van der Waals surface area (Å²) in [6.45, 7) is 2.69. The number of benzene rings is 1. The maximum Gasteiger partial charge on any atom is 0.243 e. The quantitative estimate of drug-likeness (QED) is 0.806. The molecule has 1 atom stereocenters. The van der Waals surface area contributed by atoms with Crippen molar-refractivity contribution in [1.29, 1.82) is 0 Å². The Hall–Kier alpha value is -2.17. The summed E-state index contributed by atoms with van der Waals surface area (Å²) in [7, 11) is 1.84. The van der Waals surface area contributed by atoms with E-state index in [9.17, 15) is 9.59 Å². The first-order valence-corrected chi connectivity index (χ1v) is 8.75. The molecule has 0 bridgehead atoms. The lowest BCUT2D eigenvalue weighted by atomic mass is 10.1. The van der Waals surface area contributed by atoms with E-state index in [0.717, 1.165) is 17.7 Å². The standard InChI is InChI=1S/C19H25N3O2/c1-14(15-8-9-15)21(2)18(23)10-11-19(24)22-13-12-17(20-22)16-6-4-3-5-7-16/h3-7,14-15H,8-13H2,1-2H3. The molecule has 1 aliphatic heterocycles. The van der Waals surface area contributed by atoms with Gasteiger partial charge in [-0.05, 0) is 31.2 Å². The Bertz CT molecular complexity index is 637. The van der Waals surface area contributed by atoms with Crippen molar-refractivity contribution < 1.29 is 9.59 Å². The Kier molecular flexibility index (Phi) is 4.97. The van der Waals surface area contributed by atoms with E-state index in [1.54, 1.807) is 4.90 Å². The molecule has 1 saturated carbocycles. The zero-order chi connectivity index (χ0) is 17.1. The topological polar surface area (TPSA) is 53.0 Å². The van der Waals surface area contributed by atoms with Gasteiger partial charge in [-0.1, -0.05) is 30.3 Å². The first-order chi connectivity index (χ1) is 11.6. The molecule has 5 nitrogen and oxygen atoms in total. The third-order valence-electron chi connectivity index (χ3n) is 5.06. The Morgan fingerprint density at radius 2 is 1.96 bits per heavy atom. The molecule has 5 heteroatoms. The molecule has 128 valence electrons. The Labute approximate surface area is 143 Å². The number of hydrogen-bond acceptors (Lipinski definition) is 3. The molecule has 1 aliphatic carbocycles. The maximum absolute atomic E-state index is 12.3. The third-order valence-corrected chi connectivity index (χ3v) is 5.06. The van der Waals surface area contributed by atoms with Crippen LogP contribution in [0.1, 0.15) is 44.6 Å². The number of nitrogens with zero attached hydrogens (tertiary/aromatic N) is 3. The summed E-state index contributed by atoms with van der Waals surface area (Å²) in [4.78, 5) is 26.4. The molecule has 1 fully saturated rings. The van der Waals surface area contributed by atoms with Crippen LogP contribution >= 0.6 is 0 Å². The Balaban J connectivity index is 1.50. The molecule has 0 radical (unpaired) electrons. The van der Waals surface area contributed by atoms with Gasteiger partial charge in [0, 0.05) is 32.4 Å². The minimum atomic E-state index is -0.0678. The molecule has 0 saturated heterocycles. The van der Waals surface area contributed by atoms with Crippen molar-refractivity contribution in [3.63, 3.8) is 0 Å². The first kappa shape index (κ1) is 16.7. The van der Waals surface area contributed by atoms with E-state index < -0.39 is 0 Å². The largest absolute Gasteiger partial charge is 0.343 e. The zero-order valence-corrected chi connectivity index (χ0v) is 14.4. The van der Waals surface area contributed by atoms with Gasteiger partial charge < -0.3 is 4.90 Å². The van der Waals surface area contributed by atoms with Gasteiger partial charge in [0.05, 0.1) is 12.3 Å². The fraction of sp³-hybridized carbons (Fsp3) is 0.526. The second-order valence-electron chi connectivity index (χ2n) is 6.76. The van der Waals surface area contributed by atoms with E-state index >= 15 is 0 Å². The van der Waals surface area contributed by atoms with Crippen molar-refractivity contribution in [1.82, 2.24) is 9.91 Å². The summed E-state index contributed by atoms with van der Waals surface area (Å²) in [5.74, 6) is 0.627. The number of carbonyl (C=O) groups excluding carboxylic acids is 2. The fourth-order valence-corrected chi connectivity index (χ4v) is 3.11. The van der Waals surface area contributed by atoms with Crippen LogP contribution in [0.25, 0.3) is 0 Å². The van der Waals surface area contributed by atoms with Crippen molar-refractivity contribution >= 4 is 17.5 Å². The molecule has 1 aromatic rings. The molecular weight excluding hydrogens is 302 g/mol. The minimum Gasteiger partial charge on any atom is -0.343 e. The second kappa shape index (κ2) is 7.16. The van der Waals surface area contributed by atoms with Crippen LogP contribution in [0.3, 0.4) is 0 Å². The summed E-state index contributed by atoms with van der Waals surface area (Å²) >= 11 is 0.